The van der Waals surface area contributed by atoms with Gasteiger partial charge in [-0.1, -0.05) is 27.5 Å². The van der Waals surface area contributed by atoms with Gasteiger partial charge in [0, 0.05) is 4.47 Å². The second-order valence-electron chi connectivity index (χ2n) is 2.36. The van der Waals surface area contributed by atoms with E-state index in [-0.39, 0.29) is 5.75 Å². The Kier molecular flexibility index (Phi) is 1.73. The van der Waals surface area contributed by atoms with E-state index in [9.17, 15) is 5.11 Å². The standard InChI is InChI=1S/C7H4BrClN2O/c8-3-1-4-6(5(12)2-3)7(9)11-10-4/h1-2,12H,(H,10,11). The van der Waals surface area contributed by atoms with Crippen LogP contribution in [0.15, 0.2) is 16.6 Å². The van der Waals surface area contributed by atoms with Crippen LogP contribution in [0.3, 0.4) is 0 Å². The number of aromatic amines is 1. The van der Waals surface area contributed by atoms with E-state index in [1.807, 2.05) is 0 Å². The molecule has 0 saturated carbocycles. The maximum Gasteiger partial charge on any atom is 0.135 e. The maximum absolute atomic E-state index is 9.45. The molecule has 1 aromatic heterocycles. The summed E-state index contributed by atoms with van der Waals surface area (Å²) in [7, 11) is 0. The van der Waals surface area contributed by atoms with Crippen molar-refractivity contribution in [3.05, 3.63) is 21.8 Å². The SMILES string of the molecule is Oc1cc(Br)cc2n[nH]c(Cl)c12. The van der Waals surface area contributed by atoms with Gasteiger partial charge in [-0.2, -0.15) is 5.10 Å². The highest BCUT2D eigenvalue weighted by molar-refractivity contribution is 9.10. The molecule has 0 spiro atoms. The number of benzene rings is 1. The fourth-order valence-electron chi connectivity index (χ4n) is 1.06. The predicted molar refractivity (Wildman–Crippen MR) is 50.5 cm³/mol. The number of aromatic nitrogens is 2. The second-order valence-corrected chi connectivity index (χ2v) is 3.65. The first kappa shape index (κ1) is 7.89. The highest BCUT2D eigenvalue weighted by atomic mass is 79.9. The van der Waals surface area contributed by atoms with Gasteiger partial charge in [-0.25, -0.2) is 0 Å². The lowest BCUT2D eigenvalue weighted by Gasteiger charge is -1.94. The third-order valence-corrected chi connectivity index (χ3v) is 2.29. The zero-order chi connectivity index (χ0) is 8.72. The minimum atomic E-state index is 0.123. The number of aromatic hydroxyl groups is 1. The molecule has 0 fully saturated rings. The third kappa shape index (κ3) is 1.07. The van der Waals surface area contributed by atoms with Gasteiger partial charge in [0.2, 0.25) is 0 Å². The first-order chi connectivity index (χ1) is 5.68. The molecule has 0 aliphatic carbocycles. The Morgan fingerprint density at radius 2 is 2.25 bits per heavy atom. The summed E-state index contributed by atoms with van der Waals surface area (Å²) in [6, 6.07) is 3.35. The Balaban J connectivity index is 2.93. The first-order valence-corrected chi connectivity index (χ1v) is 4.37. The van der Waals surface area contributed by atoms with Crippen molar-refractivity contribution in [2.75, 3.05) is 0 Å². The van der Waals surface area contributed by atoms with Crippen LogP contribution in [0, 0.1) is 0 Å². The van der Waals surface area contributed by atoms with Crippen molar-refractivity contribution in [2.24, 2.45) is 0 Å². The van der Waals surface area contributed by atoms with Crippen LogP contribution >= 0.6 is 27.5 Å². The summed E-state index contributed by atoms with van der Waals surface area (Å²) in [4.78, 5) is 0. The fraction of sp³-hybridized carbons (Fsp3) is 0. The van der Waals surface area contributed by atoms with E-state index >= 15 is 0 Å². The second kappa shape index (κ2) is 2.64. The van der Waals surface area contributed by atoms with E-state index in [2.05, 4.69) is 26.1 Å². The van der Waals surface area contributed by atoms with Crippen LogP contribution < -0.4 is 0 Å². The highest BCUT2D eigenvalue weighted by Crippen LogP contribution is 2.32. The number of nitrogens with one attached hydrogen (secondary N) is 1. The Labute approximate surface area is 81.5 Å². The summed E-state index contributed by atoms with van der Waals surface area (Å²) >= 11 is 8.97. The molecule has 2 N–H and O–H groups in total. The van der Waals surface area contributed by atoms with Crippen molar-refractivity contribution in [1.29, 1.82) is 0 Å². The number of hydrogen-bond donors (Lipinski definition) is 2. The van der Waals surface area contributed by atoms with Crippen molar-refractivity contribution in [3.8, 4) is 5.75 Å². The summed E-state index contributed by atoms with van der Waals surface area (Å²) < 4.78 is 0.774. The monoisotopic (exact) mass is 246 g/mol. The number of hydrogen-bond acceptors (Lipinski definition) is 2. The van der Waals surface area contributed by atoms with Crippen LogP contribution in [0.4, 0.5) is 0 Å². The average molecular weight is 247 g/mol. The molecule has 62 valence electrons. The van der Waals surface area contributed by atoms with Crippen LogP contribution in [0.2, 0.25) is 5.15 Å². The number of halogens is 2. The van der Waals surface area contributed by atoms with E-state index in [0.29, 0.717) is 16.1 Å². The van der Waals surface area contributed by atoms with Crippen molar-refractivity contribution in [1.82, 2.24) is 10.2 Å². The van der Waals surface area contributed by atoms with Gasteiger partial charge in [-0.15, -0.1) is 0 Å². The van der Waals surface area contributed by atoms with Crippen LogP contribution in [0.5, 0.6) is 5.75 Å². The van der Waals surface area contributed by atoms with E-state index in [4.69, 9.17) is 11.6 Å². The highest BCUT2D eigenvalue weighted by Gasteiger charge is 2.08. The largest absolute Gasteiger partial charge is 0.507 e. The Morgan fingerprint density at radius 3 is 3.00 bits per heavy atom. The van der Waals surface area contributed by atoms with E-state index in [1.54, 1.807) is 12.1 Å². The molecule has 1 aromatic carbocycles. The molecule has 0 radical (unpaired) electrons. The molecule has 12 heavy (non-hydrogen) atoms. The summed E-state index contributed by atoms with van der Waals surface area (Å²) in [5.41, 5.74) is 0.645. The molecular weight excluding hydrogens is 243 g/mol. The smallest absolute Gasteiger partial charge is 0.135 e. The number of phenolic OH excluding ortho intramolecular Hbond substituents is 1. The molecule has 0 saturated heterocycles. The number of H-pyrrole nitrogens is 1. The Hall–Kier alpha value is -0.740. The molecule has 2 rings (SSSR count). The number of fused-ring (bicyclic) bond motifs is 1. The topological polar surface area (TPSA) is 48.9 Å². The molecule has 0 atom stereocenters. The van der Waals surface area contributed by atoms with Gasteiger partial charge < -0.3 is 5.11 Å². The zero-order valence-electron chi connectivity index (χ0n) is 5.81. The number of nitrogens with zero attached hydrogens (tertiary/aromatic N) is 1. The van der Waals surface area contributed by atoms with E-state index in [0.717, 1.165) is 4.47 Å². The number of rotatable bonds is 0. The molecular formula is C7H4BrClN2O. The Bertz CT molecular complexity index is 440. The molecule has 2 aromatic rings. The lowest BCUT2D eigenvalue weighted by atomic mass is 10.2. The van der Waals surface area contributed by atoms with Gasteiger partial charge in [0.25, 0.3) is 0 Å². The summed E-state index contributed by atoms with van der Waals surface area (Å²) in [6.45, 7) is 0. The van der Waals surface area contributed by atoms with Gasteiger partial charge in [0.1, 0.15) is 10.9 Å². The molecule has 0 amide bonds. The Morgan fingerprint density at radius 1 is 1.50 bits per heavy atom. The molecule has 5 heteroatoms. The molecule has 0 bridgehead atoms. The first-order valence-electron chi connectivity index (χ1n) is 3.20. The molecule has 0 aliphatic heterocycles. The van der Waals surface area contributed by atoms with Gasteiger partial charge in [0.05, 0.1) is 10.9 Å². The van der Waals surface area contributed by atoms with Crippen LogP contribution in [0.1, 0.15) is 0 Å². The van der Waals surface area contributed by atoms with Gasteiger partial charge in [-0.3, -0.25) is 5.10 Å². The van der Waals surface area contributed by atoms with Crippen LogP contribution in [-0.4, -0.2) is 15.3 Å². The maximum atomic E-state index is 9.45. The molecule has 0 aliphatic rings. The quantitative estimate of drug-likeness (QED) is 0.752. The van der Waals surface area contributed by atoms with Gasteiger partial charge in [-0.05, 0) is 12.1 Å². The van der Waals surface area contributed by atoms with Crippen LogP contribution in [-0.2, 0) is 0 Å². The molecule has 0 unspecified atom stereocenters. The van der Waals surface area contributed by atoms with Crippen molar-refractivity contribution in [3.63, 3.8) is 0 Å². The summed E-state index contributed by atoms with van der Waals surface area (Å²) in [5.74, 6) is 0.123. The van der Waals surface area contributed by atoms with E-state index in [1.165, 1.54) is 0 Å². The van der Waals surface area contributed by atoms with Gasteiger partial charge >= 0.3 is 0 Å². The predicted octanol–water partition coefficient (Wildman–Crippen LogP) is 2.68. The average Bonchev–Trinajstić information content (AvgIpc) is 2.31. The normalized spacial score (nSPS) is 10.8. The fourth-order valence-corrected chi connectivity index (χ4v) is 1.73. The minimum Gasteiger partial charge on any atom is -0.507 e. The lowest BCUT2D eigenvalue weighted by Crippen LogP contribution is -1.70. The molecule has 3 nitrogen and oxygen atoms in total. The third-order valence-electron chi connectivity index (χ3n) is 1.56. The summed E-state index contributed by atoms with van der Waals surface area (Å²) in [6.07, 6.45) is 0. The zero-order valence-corrected chi connectivity index (χ0v) is 8.15. The van der Waals surface area contributed by atoms with Crippen molar-refractivity contribution in [2.45, 2.75) is 0 Å². The summed E-state index contributed by atoms with van der Waals surface area (Å²) in [5, 5.41) is 16.8. The van der Waals surface area contributed by atoms with Crippen molar-refractivity contribution < 1.29 is 5.11 Å². The molecule has 1 heterocycles. The van der Waals surface area contributed by atoms with E-state index < -0.39 is 0 Å². The lowest BCUT2D eigenvalue weighted by molar-refractivity contribution is 0.481. The number of phenols is 1. The van der Waals surface area contributed by atoms with Crippen LogP contribution in [0.25, 0.3) is 10.9 Å². The van der Waals surface area contributed by atoms with Gasteiger partial charge in [0.15, 0.2) is 0 Å². The van der Waals surface area contributed by atoms with Crippen molar-refractivity contribution >= 4 is 38.4 Å². The minimum absolute atomic E-state index is 0.123.